The van der Waals surface area contributed by atoms with E-state index in [2.05, 4.69) is 27.2 Å². The molecule has 8 heteroatoms. The SMILES string of the molecule is CC(C)(C)OC(=O)Nc1ccc(Cn2cncn2)cc1C#CCCO[C@H]1CCCCO1. The summed E-state index contributed by atoms with van der Waals surface area (Å²) in [6.07, 6.45) is 6.24. The maximum atomic E-state index is 12.2. The Kier molecular flexibility index (Phi) is 8.04. The summed E-state index contributed by atoms with van der Waals surface area (Å²) >= 11 is 0. The van der Waals surface area contributed by atoms with Crippen LogP contribution in [0.5, 0.6) is 0 Å². The van der Waals surface area contributed by atoms with Crippen molar-refractivity contribution in [2.45, 2.75) is 64.9 Å². The normalized spacial score (nSPS) is 16.3. The van der Waals surface area contributed by atoms with Gasteiger partial charge in [-0.15, -0.1) is 0 Å². The van der Waals surface area contributed by atoms with Gasteiger partial charge in [0.2, 0.25) is 0 Å². The fraction of sp³-hybridized carbons (Fsp3) is 0.522. The van der Waals surface area contributed by atoms with E-state index in [1.54, 1.807) is 11.0 Å². The highest BCUT2D eigenvalue weighted by atomic mass is 16.7. The first-order chi connectivity index (χ1) is 14.9. The Morgan fingerprint density at radius 2 is 2.23 bits per heavy atom. The fourth-order valence-corrected chi connectivity index (χ4v) is 3.06. The van der Waals surface area contributed by atoms with Gasteiger partial charge in [0.05, 0.1) is 18.8 Å². The van der Waals surface area contributed by atoms with Gasteiger partial charge in [-0.3, -0.25) is 5.32 Å². The largest absolute Gasteiger partial charge is 0.444 e. The van der Waals surface area contributed by atoms with Crippen LogP contribution in [-0.4, -0.2) is 46.0 Å². The quantitative estimate of drug-likeness (QED) is 0.556. The van der Waals surface area contributed by atoms with Crippen molar-refractivity contribution in [2.75, 3.05) is 18.5 Å². The molecule has 1 saturated heterocycles. The van der Waals surface area contributed by atoms with Crippen LogP contribution in [0, 0.1) is 11.8 Å². The van der Waals surface area contributed by atoms with E-state index in [0.717, 1.165) is 31.4 Å². The molecule has 0 spiro atoms. The molecule has 0 saturated carbocycles. The van der Waals surface area contributed by atoms with E-state index in [-0.39, 0.29) is 6.29 Å². The molecule has 2 heterocycles. The van der Waals surface area contributed by atoms with Gasteiger partial charge in [-0.2, -0.15) is 5.10 Å². The Balaban J connectivity index is 1.67. The number of hydrogen-bond donors (Lipinski definition) is 1. The van der Waals surface area contributed by atoms with Crippen LogP contribution in [0.15, 0.2) is 30.9 Å². The minimum absolute atomic E-state index is 0.119. The lowest BCUT2D eigenvalue weighted by atomic mass is 10.1. The number of carbonyl (C=O) groups excluding carboxylic acids is 1. The first kappa shape index (κ1) is 22.8. The zero-order valence-electron chi connectivity index (χ0n) is 18.4. The van der Waals surface area contributed by atoms with Crippen molar-refractivity contribution in [2.24, 2.45) is 0 Å². The lowest BCUT2D eigenvalue weighted by Gasteiger charge is -2.22. The highest BCUT2D eigenvalue weighted by molar-refractivity contribution is 5.87. The van der Waals surface area contributed by atoms with E-state index >= 15 is 0 Å². The first-order valence-electron chi connectivity index (χ1n) is 10.6. The topological polar surface area (TPSA) is 87.5 Å². The number of nitrogens with zero attached hydrogens (tertiary/aromatic N) is 3. The molecule has 8 nitrogen and oxygen atoms in total. The van der Waals surface area contributed by atoms with Crippen LogP contribution in [0.25, 0.3) is 0 Å². The summed E-state index contributed by atoms with van der Waals surface area (Å²) in [6.45, 7) is 7.29. The lowest BCUT2D eigenvalue weighted by Crippen LogP contribution is -2.27. The van der Waals surface area contributed by atoms with Crippen molar-refractivity contribution < 1.29 is 19.0 Å². The van der Waals surface area contributed by atoms with Crippen molar-refractivity contribution in [3.05, 3.63) is 42.0 Å². The predicted octanol–water partition coefficient (Wildman–Crippen LogP) is 3.96. The molecular formula is C23H30N4O4. The Bertz CT molecular complexity index is 904. The summed E-state index contributed by atoms with van der Waals surface area (Å²) in [6, 6.07) is 5.68. The first-order valence-corrected chi connectivity index (χ1v) is 10.6. The van der Waals surface area contributed by atoms with E-state index < -0.39 is 11.7 Å². The van der Waals surface area contributed by atoms with Crippen LogP contribution in [0.1, 0.15) is 57.6 Å². The maximum Gasteiger partial charge on any atom is 0.412 e. The van der Waals surface area contributed by atoms with Gasteiger partial charge in [0.1, 0.15) is 18.3 Å². The van der Waals surface area contributed by atoms with E-state index in [9.17, 15) is 4.79 Å². The number of ether oxygens (including phenoxy) is 3. The van der Waals surface area contributed by atoms with Crippen molar-refractivity contribution in [1.29, 1.82) is 0 Å². The predicted molar refractivity (Wildman–Crippen MR) is 116 cm³/mol. The van der Waals surface area contributed by atoms with Crippen LogP contribution in [0.3, 0.4) is 0 Å². The van der Waals surface area contributed by atoms with E-state index in [1.165, 1.54) is 6.33 Å². The van der Waals surface area contributed by atoms with Gasteiger partial charge >= 0.3 is 6.09 Å². The highest BCUT2D eigenvalue weighted by Gasteiger charge is 2.17. The zero-order valence-corrected chi connectivity index (χ0v) is 18.4. The molecule has 0 bridgehead atoms. The second kappa shape index (κ2) is 10.9. The van der Waals surface area contributed by atoms with Gasteiger partial charge in [-0.1, -0.05) is 17.9 Å². The number of nitrogens with one attached hydrogen (secondary N) is 1. The Morgan fingerprint density at radius 3 is 2.94 bits per heavy atom. The third kappa shape index (κ3) is 8.04. The molecule has 1 aromatic heterocycles. The fourth-order valence-electron chi connectivity index (χ4n) is 3.06. The van der Waals surface area contributed by atoms with Crippen molar-refractivity contribution in [3.8, 4) is 11.8 Å². The third-order valence-corrected chi connectivity index (χ3v) is 4.42. The smallest absolute Gasteiger partial charge is 0.412 e. The molecule has 1 amide bonds. The molecule has 0 aliphatic carbocycles. The average molecular weight is 427 g/mol. The molecular weight excluding hydrogens is 396 g/mol. The lowest BCUT2D eigenvalue weighted by molar-refractivity contribution is -0.161. The minimum Gasteiger partial charge on any atom is -0.444 e. The number of anilines is 1. The van der Waals surface area contributed by atoms with Crippen molar-refractivity contribution >= 4 is 11.8 Å². The van der Waals surface area contributed by atoms with Gasteiger partial charge < -0.3 is 14.2 Å². The van der Waals surface area contributed by atoms with Crippen LogP contribution in [0.4, 0.5) is 10.5 Å². The maximum absolute atomic E-state index is 12.2. The van der Waals surface area contributed by atoms with Gasteiger partial charge in [-0.05, 0) is 57.7 Å². The van der Waals surface area contributed by atoms with Crippen LogP contribution < -0.4 is 5.32 Å². The second-order valence-electron chi connectivity index (χ2n) is 8.32. The number of benzene rings is 1. The number of rotatable bonds is 6. The molecule has 1 atom stereocenters. The van der Waals surface area contributed by atoms with Gasteiger partial charge in [0.15, 0.2) is 6.29 Å². The van der Waals surface area contributed by atoms with Gasteiger partial charge in [0, 0.05) is 18.6 Å². The summed E-state index contributed by atoms with van der Waals surface area (Å²) in [7, 11) is 0. The summed E-state index contributed by atoms with van der Waals surface area (Å²) in [4.78, 5) is 16.2. The van der Waals surface area contributed by atoms with Crippen LogP contribution in [0.2, 0.25) is 0 Å². The molecule has 166 valence electrons. The molecule has 31 heavy (non-hydrogen) atoms. The Hall–Kier alpha value is -2.89. The van der Waals surface area contributed by atoms with Gasteiger partial charge in [-0.25, -0.2) is 14.5 Å². The van der Waals surface area contributed by atoms with Crippen molar-refractivity contribution in [1.82, 2.24) is 14.8 Å². The number of carbonyl (C=O) groups is 1. The summed E-state index contributed by atoms with van der Waals surface area (Å²) < 4.78 is 18.4. The molecule has 0 radical (unpaired) electrons. The second-order valence-corrected chi connectivity index (χ2v) is 8.32. The third-order valence-electron chi connectivity index (χ3n) is 4.42. The monoisotopic (exact) mass is 426 g/mol. The van der Waals surface area contributed by atoms with Crippen LogP contribution in [-0.2, 0) is 20.8 Å². The number of aromatic nitrogens is 3. The zero-order chi connectivity index (χ0) is 22.1. The Morgan fingerprint density at radius 1 is 1.35 bits per heavy atom. The summed E-state index contributed by atoms with van der Waals surface area (Å²) in [5.41, 5.74) is 1.72. The number of hydrogen-bond acceptors (Lipinski definition) is 6. The number of amides is 1. The molecule has 1 fully saturated rings. The molecule has 1 aliphatic heterocycles. The van der Waals surface area contributed by atoms with Gasteiger partial charge in [0.25, 0.3) is 0 Å². The summed E-state index contributed by atoms with van der Waals surface area (Å²) in [5.74, 6) is 6.28. The summed E-state index contributed by atoms with van der Waals surface area (Å²) in [5, 5.41) is 6.93. The van der Waals surface area contributed by atoms with E-state index in [4.69, 9.17) is 14.2 Å². The molecule has 1 aliphatic rings. The van der Waals surface area contributed by atoms with Crippen molar-refractivity contribution in [3.63, 3.8) is 0 Å². The molecule has 1 aromatic carbocycles. The highest BCUT2D eigenvalue weighted by Crippen LogP contribution is 2.19. The van der Waals surface area contributed by atoms with E-state index in [1.807, 2.05) is 39.0 Å². The Labute approximate surface area is 183 Å². The van der Waals surface area contributed by atoms with E-state index in [0.29, 0.717) is 30.8 Å². The molecule has 2 aromatic rings. The average Bonchev–Trinajstić information content (AvgIpc) is 3.22. The molecule has 1 N–H and O–H groups in total. The standard InChI is InChI=1S/C23H30N4O4/c1-23(2,3)31-22(28)26-20-11-10-18(15-27-17-24-16-25-27)14-19(20)8-4-6-12-29-21-9-5-7-13-30-21/h10-11,14,16-17,21H,5-7,9,12-13,15H2,1-3H3,(H,26,28)/t21-/m1/s1. The van der Waals surface area contributed by atoms with Crippen LogP contribution >= 0.6 is 0 Å². The molecule has 3 rings (SSSR count). The minimum atomic E-state index is -0.582. The molecule has 0 unspecified atom stereocenters.